The molecule has 0 aliphatic heterocycles. The zero-order valence-electron chi connectivity index (χ0n) is 19.8. The fraction of sp³-hybridized carbons (Fsp3) is 0.920. The van der Waals surface area contributed by atoms with E-state index in [4.69, 9.17) is 9.47 Å². The van der Waals surface area contributed by atoms with Crippen molar-refractivity contribution in [3.05, 3.63) is 0 Å². The van der Waals surface area contributed by atoms with Crippen molar-refractivity contribution in [3.63, 3.8) is 0 Å². The van der Waals surface area contributed by atoms with Crippen LogP contribution in [0.2, 0.25) is 0 Å². The second-order valence-electron chi connectivity index (χ2n) is 8.84. The SMILES string of the molecule is CCCC(C)COC(=O)CCCCCCCCCCCC(=O)OCC(C)CCC. The van der Waals surface area contributed by atoms with Crippen molar-refractivity contribution in [2.45, 2.75) is 124 Å². The van der Waals surface area contributed by atoms with Crippen LogP contribution in [0.5, 0.6) is 0 Å². The minimum Gasteiger partial charge on any atom is -0.465 e. The second kappa shape index (κ2) is 20.2. The molecule has 2 unspecified atom stereocenters. The van der Waals surface area contributed by atoms with Crippen molar-refractivity contribution in [3.8, 4) is 0 Å². The Bertz CT molecular complexity index is 358. The van der Waals surface area contributed by atoms with Crippen molar-refractivity contribution in [1.29, 1.82) is 0 Å². The fourth-order valence-corrected chi connectivity index (χ4v) is 3.54. The van der Waals surface area contributed by atoms with Crippen molar-refractivity contribution in [1.82, 2.24) is 0 Å². The van der Waals surface area contributed by atoms with Gasteiger partial charge in [0, 0.05) is 12.8 Å². The predicted octanol–water partition coefficient (Wildman–Crippen LogP) is 7.24. The van der Waals surface area contributed by atoms with Crippen LogP contribution < -0.4 is 0 Å². The number of hydrogen-bond donors (Lipinski definition) is 0. The first kappa shape index (κ1) is 27.9. The highest BCUT2D eigenvalue weighted by Crippen LogP contribution is 2.13. The third-order valence-corrected chi connectivity index (χ3v) is 5.38. The monoisotopic (exact) mass is 412 g/mol. The van der Waals surface area contributed by atoms with E-state index in [9.17, 15) is 9.59 Å². The largest absolute Gasteiger partial charge is 0.465 e. The molecule has 172 valence electrons. The number of esters is 2. The molecule has 0 radical (unpaired) electrons. The van der Waals surface area contributed by atoms with Gasteiger partial charge < -0.3 is 9.47 Å². The molecule has 0 saturated heterocycles. The normalized spacial score (nSPS) is 13.1. The molecule has 0 aromatic carbocycles. The lowest BCUT2D eigenvalue weighted by Crippen LogP contribution is -2.11. The van der Waals surface area contributed by atoms with E-state index in [1.165, 1.54) is 32.1 Å². The molecule has 0 heterocycles. The Morgan fingerprint density at radius 2 is 0.897 bits per heavy atom. The molecule has 0 aromatic rings. The van der Waals surface area contributed by atoms with Crippen molar-refractivity contribution < 1.29 is 19.1 Å². The zero-order chi connectivity index (χ0) is 21.7. The Morgan fingerprint density at radius 1 is 0.586 bits per heavy atom. The Kier molecular flexibility index (Phi) is 19.5. The van der Waals surface area contributed by atoms with Gasteiger partial charge in [0.25, 0.3) is 0 Å². The van der Waals surface area contributed by atoms with E-state index >= 15 is 0 Å². The summed E-state index contributed by atoms with van der Waals surface area (Å²) in [5.74, 6) is 0.880. The highest BCUT2D eigenvalue weighted by molar-refractivity contribution is 5.69. The zero-order valence-corrected chi connectivity index (χ0v) is 19.8. The summed E-state index contributed by atoms with van der Waals surface area (Å²) in [6.45, 7) is 9.73. The summed E-state index contributed by atoms with van der Waals surface area (Å²) >= 11 is 0. The number of ether oxygens (including phenoxy) is 2. The minimum atomic E-state index is -0.0358. The molecule has 0 amide bonds. The first-order chi connectivity index (χ1) is 14.0. The average molecular weight is 413 g/mol. The summed E-state index contributed by atoms with van der Waals surface area (Å²) in [5.41, 5.74) is 0. The van der Waals surface area contributed by atoms with Gasteiger partial charge in [-0.3, -0.25) is 9.59 Å². The van der Waals surface area contributed by atoms with Crippen LogP contribution in [0.25, 0.3) is 0 Å². The van der Waals surface area contributed by atoms with Gasteiger partial charge in [-0.05, 0) is 37.5 Å². The van der Waals surface area contributed by atoms with Gasteiger partial charge in [-0.1, -0.05) is 85.5 Å². The van der Waals surface area contributed by atoms with E-state index in [1.54, 1.807) is 0 Å². The van der Waals surface area contributed by atoms with E-state index in [0.29, 0.717) is 37.9 Å². The Morgan fingerprint density at radius 3 is 1.21 bits per heavy atom. The molecule has 29 heavy (non-hydrogen) atoms. The predicted molar refractivity (Wildman–Crippen MR) is 121 cm³/mol. The number of rotatable bonds is 20. The van der Waals surface area contributed by atoms with Crippen LogP contribution in [0.1, 0.15) is 124 Å². The molecule has 4 nitrogen and oxygen atoms in total. The molecule has 0 aliphatic carbocycles. The number of carbonyl (C=O) groups is 2. The molecule has 0 N–H and O–H groups in total. The van der Waals surface area contributed by atoms with Crippen LogP contribution in [0.3, 0.4) is 0 Å². The standard InChI is InChI=1S/C25H48O4/c1-5-16-22(3)20-28-24(26)18-14-12-10-8-7-9-11-13-15-19-25(27)29-21-23(4)17-6-2/h22-23H,5-21H2,1-4H3. The number of hydrogen-bond acceptors (Lipinski definition) is 4. The molecule has 2 atom stereocenters. The number of carbonyl (C=O) groups excluding carboxylic acids is 2. The molecule has 0 spiro atoms. The van der Waals surface area contributed by atoms with Gasteiger partial charge in [0.15, 0.2) is 0 Å². The summed E-state index contributed by atoms with van der Waals surface area (Å²) < 4.78 is 10.6. The highest BCUT2D eigenvalue weighted by Gasteiger charge is 2.07. The van der Waals surface area contributed by atoms with Gasteiger partial charge in [0.1, 0.15) is 0 Å². The molecule has 0 saturated carbocycles. The number of unbranched alkanes of at least 4 members (excludes halogenated alkanes) is 8. The topological polar surface area (TPSA) is 52.6 Å². The molecule has 0 bridgehead atoms. The lowest BCUT2D eigenvalue weighted by Gasteiger charge is -2.10. The van der Waals surface area contributed by atoms with Crippen LogP contribution in [-0.2, 0) is 19.1 Å². The lowest BCUT2D eigenvalue weighted by atomic mass is 10.1. The molecule has 0 rings (SSSR count). The van der Waals surface area contributed by atoms with Crippen LogP contribution >= 0.6 is 0 Å². The van der Waals surface area contributed by atoms with E-state index in [-0.39, 0.29) is 11.9 Å². The van der Waals surface area contributed by atoms with Crippen LogP contribution in [-0.4, -0.2) is 25.2 Å². The summed E-state index contributed by atoms with van der Waals surface area (Å²) in [4.78, 5) is 23.4. The smallest absolute Gasteiger partial charge is 0.305 e. The average Bonchev–Trinajstić information content (AvgIpc) is 2.69. The quantitative estimate of drug-likeness (QED) is 0.156. The maximum atomic E-state index is 11.7. The Balaban J connectivity index is 3.33. The maximum absolute atomic E-state index is 11.7. The van der Waals surface area contributed by atoms with Gasteiger partial charge in [0.05, 0.1) is 13.2 Å². The molecule has 0 aromatic heterocycles. The lowest BCUT2D eigenvalue weighted by molar-refractivity contribution is -0.146. The van der Waals surface area contributed by atoms with E-state index < -0.39 is 0 Å². The molecular formula is C25H48O4. The van der Waals surface area contributed by atoms with Crippen molar-refractivity contribution in [2.24, 2.45) is 11.8 Å². The van der Waals surface area contributed by atoms with Gasteiger partial charge in [-0.25, -0.2) is 0 Å². The highest BCUT2D eigenvalue weighted by atomic mass is 16.5. The molecular weight excluding hydrogens is 364 g/mol. The van der Waals surface area contributed by atoms with E-state index in [0.717, 1.165) is 51.4 Å². The van der Waals surface area contributed by atoms with E-state index in [1.807, 2.05) is 0 Å². The van der Waals surface area contributed by atoms with Crippen molar-refractivity contribution >= 4 is 11.9 Å². The van der Waals surface area contributed by atoms with Gasteiger partial charge in [-0.15, -0.1) is 0 Å². The maximum Gasteiger partial charge on any atom is 0.305 e. The van der Waals surface area contributed by atoms with Gasteiger partial charge in [-0.2, -0.15) is 0 Å². The van der Waals surface area contributed by atoms with Crippen LogP contribution in [0, 0.1) is 11.8 Å². The van der Waals surface area contributed by atoms with Gasteiger partial charge in [0.2, 0.25) is 0 Å². The molecule has 4 heteroatoms. The Hall–Kier alpha value is -1.06. The molecule has 0 aliphatic rings. The van der Waals surface area contributed by atoms with E-state index in [2.05, 4.69) is 27.7 Å². The minimum absolute atomic E-state index is 0.0358. The Labute approximate surface area is 180 Å². The first-order valence-electron chi connectivity index (χ1n) is 12.3. The van der Waals surface area contributed by atoms with Crippen molar-refractivity contribution in [2.75, 3.05) is 13.2 Å². The molecule has 0 fully saturated rings. The third-order valence-electron chi connectivity index (χ3n) is 5.38. The fourth-order valence-electron chi connectivity index (χ4n) is 3.54. The van der Waals surface area contributed by atoms with Crippen LogP contribution in [0.4, 0.5) is 0 Å². The van der Waals surface area contributed by atoms with Gasteiger partial charge >= 0.3 is 11.9 Å². The summed E-state index contributed by atoms with van der Waals surface area (Å²) in [6.07, 6.45) is 15.9. The van der Waals surface area contributed by atoms with Crippen LogP contribution in [0.15, 0.2) is 0 Å². The third kappa shape index (κ3) is 20.0. The summed E-state index contributed by atoms with van der Waals surface area (Å²) in [6, 6.07) is 0. The summed E-state index contributed by atoms with van der Waals surface area (Å²) in [5, 5.41) is 0. The first-order valence-corrected chi connectivity index (χ1v) is 12.3. The second-order valence-corrected chi connectivity index (χ2v) is 8.84. The summed E-state index contributed by atoms with van der Waals surface area (Å²) in [7, 11) is 0.